The van der Waals surface area contributed by atoms with Crippen molar-refractivity contribution in [2.45, 2.75) is 25.8 Å². The Balaban J connectivity index is 1.95. The first-order valence-corrected chi connectivity index (χ1v) is 11.2. The third kappa shape index (κ3) is 6.77. The Morgan fingerprint density at radius 2 is 1.83 bits per heavy atom. The van der Waals surface area contributed by atoms with Gasteiger partial charge in [-0.2, -0.15) is 0 Å². The van der Waals surface area contributed by atoms with E-state index >= 15 is 0 Å². The zero-order valence-corrected chi connectivity index (χ0v) is 17.7. The standard InChI is InChI=1S/C20H27NO7S/c1-4-8-21(16-7-9-29(24,25)14-16)19(22)13-28-20(23)6-5-15-10-17(26-2)12-18(11-15)27-3/h5-6,10-12,16H,4,7-9,13-14H2,1-3H3/b6-5+/t16-/m1/s1. The molecule has 1 saturated heterocycles. The first-order chi connectivity index (χ1) is 13.8. The van der Waals surface area contributed by atoms with Gasteiger partial charge in [-0.25, -0.2) is 13.2 Å². The lowest BCUT2D eigenvalue weighted by Crippen LogP contribution is -2.43. The van der Waals surface area contributed by atoms with Crippen LogP contribution in [0.5, 0.6) is 11.5 Å². The van der Waals surface area contributed by atoms with E-state index in [4.69, 9.17) is 14.2 Å². The maximum atomic E-state index is 12.5. The molecule has 8 nitrogen and oxygen atoms in total. The number of methoxy groups -OCH3 is 2. The van der Waals surface area contributed by atoms with Crippen LogP contribution < -0.4 is 9.47 Å². The second-order valence-electron chi connectivity index (χ2n) is 6.73. The molecule has 1 aliphatic rings. The molecule has 2 rings (SSSR count). The van der Waals surface area contributed by atoms with Gasteiger partial charge in [0.1, 0.15) is 11.5 Å². The minimum absolute atomic E-state index is 0.0374. The highest BCUT2D eigenvalue weighted by Gasteiger charge is 2.34. The normalized spacial score (nSPS) is 17.8. The van der Waals surface area contributed by atoms with Gasteiger partial charge >= 0.3 is 5.97 Å². The van der Waals surface area contributed by atoms with Crippen LogP contribution >= 0.6 is 0 Å². The monoisotopic (exact) mass is 425 g/mol. The number of hydrogen-bond donors (Lipinski definition) is 0. The van der Waals surface area contributed by atoms with Gasteiger partial charge in [0.25, 0.3) is 5.91 Å². The summed E-state index contributed by atoms with van der Waals surface area (Å²) in [6.07, 6.45) is 3.85. The Bertz CT molecular complexity index is 841. The Morgan fingerprint density at radius 1 is 1.17 bits per heavy atom. The molecule has 0 radical (unpaired) electrons. The molecule has 1 aromatic carbocycles. The summed E-state index contributed by atoms with van der Waals surface area (Å²) in [5.74, 6) is 0.139. The summed E-state index contributed by atoms with van der Waals surface area (Å²) in [5, 5.41) is 0. The maximum Gasteiger partial charge on any atom is 0.331 e. The second kappa shape index (κ2) is 10.3. The maximum absolute atomic E-state index is 12.5. The minimum atomic E-state index is -3.11. The topological polar surface area (TPSA) is 99.2 Å². The summed E-state index contributed by atoms with van der Waals surface area (Å²) in [4.78, 5) is 26.0. The van der Waals surface area contributed by atoms with Crippen LogP contribution in [0.15, 0.2) is 24.3 Å². The Hall–Kier alpha value is -2.55. The molecule has 160 valence electrons. The SMILES string of the molecule is CCCN(C(=O)COC(=O)/C=C/c1cc(OC)cc(OC)c1)[C@@H]1CCS(=O)(=O)C1. The quantitative estimate of drug-likeness (QED) is 0.438. The number of sulfone groups is 1. The van der Waals surface area contributed by atoms with E-state index in [0.717, 1.165) is 0 Å². The van der Waals surface area contributed by atoms with E-state index < -0.39 is 28.3 Å². The van der Waals surface area contributed by atoms with E-state index in [2.05, 4.69) is 0 Å². The smallest absolute Gasteiger partial charge is 0.331 e. The molecule has 1 heterocycles. The molecule has 0 aliphatic carbocycles. The van der Waals surface area contributed by atoms with Crippen molar-refractivity contribution in [2.24, 2.45) is 0 Å². The molecule has 0 N–H and O–H groups in total. The largest absolute Gasteiger partial charge is 0.497 e. The number of esters is 1. The van der Waals surface area contributed by atoms with Crippen LogP contribution in [0.4, 0.5) is 0 Å². The van der Waals surface area contributed by atoms with Gasteiger partial charge in [0.2, 0.25) is 0 Å². The Kier molecular flexibility index (Phi) is 8.07. The molecular weight excluding hydrogens is 398 g/mol. The highest BCUT2D eigenvalue weighted by molar-refractivity contribution is 7.91. The fourth-order valence-electron chi connectivity index (χ4n) is 3.13. The fraction of sp³-hybridized carbons (Fsp3) is 0.500. The predicted molar refractivity (Wildman–Crippen MR) is 109 cm³/mol. The number of rotatable bonds is 9. The number of carbonyl (C=O) groups is 2. The van der Waals surface area contributed by atoms with Gasteiger partial charge in [0, 0.05) is 24.7 Å². The minimum Gasteiger partial charge on any atom is -0.497 e. The van der Waals surface area contributed by atoms with E-state index in [1.54, 1.807) is 18.2 Å². The molecule has 1 atom stereocenters. The highest BCUT2D eigenvalue weighted by Crippen LogP contribution is 2.23. The summed E-state index contributed by atoms with van der Waals surface area (Å²) >= 11 is 0. The predicted octanol–water partition coefficient (Wildman–Crippen LogP) is 1.69. The fourth-order valence-corrected chi connectivity index (χ4v) is 4.86. The van der Waals surface area contributed by atoms with Gasteiger partial charge in [-0.1, -0.05) is 6.92 Å². The van der Waals surface area contributed by atoms with Gasteiger partial charge in [-0.3, -0.25) is 4.79 Å². The third-order valence-corrected chi connectivity index (χ3v) is 6.31. The van der Waals surface area contributed by atoms with Crippen molar-refractivity contribution in [1.29, 1.82) is 0 Å². The van der Waals surface area contributed by atoms with Crippen LogP contribution in [0.3, 0.4) is 0 Å². The molecule has 1 amide bonds. The first kappa shape index (κ1) is 22.7. The zero-order chi connectivity index (χ0) is 21.4. The molecule has 0 unspecified atom stereocenters. The van der Waals surface area contributed by atoms with Gasteiger partial charge < -0.3 is 19.1 Å². The summed E-state index contributed by atoms with van der Waals surface area (Å²) in [7, 11) is -0.0526. The van der Waals surface area contributed by atoms with Crippen molar-refractivity contribution in [2.75, 3.05) is 38.9 Å². The summed E-state index contributed by atoms with van der Waals surface area (Å²) in [6, 6.07) is 4.80. The van der Waals surface area contributed by atoms with Crippen LogP contribution in [0.1, 0.15) is 25.3 Å². The number of carbonyl (C=O) groups excluding carboxylic acids is 2. The molecule has 0 spiro atoms. The molecule has 1 aromatic rings. The van der Waals surface area contributed by atoms with E-state index in [-0.39, 0.29) is 17.5 Å². The average Bonchev–Trinajstić information content (AvgIpc) is 3.07. The average molecular weight is 426 g/mol. The van der Waals surface area contributed by atoms with Crippen molar-refractivity contribution >= 4 is 27.8 Å². The third-order valence-electron chi connectivity index (χ3n) is 4.56. The van der Waals surface area contributed by atoms with Gasteiger partial charge in [-0.05, 0) is 36.6 Å². The van der Waals surface area contributed by atoms with Crippen LogP contribution in [-0.2, 0) is 24.2 Å². The van der Waals surface area contributed by atoms with Crippen molar-refractivity contribution in [3.8, 4) is 11.5 Å². The summed E-state index contributed by atoms with van der Waals surface area (Å²) in [5.41, 5.74) is 0.674. The lowest BCUT2D eigenvalue weighted by atomic mass is 10.2. The van der Waals surface area contributed by atoms with Crippen molar-refractivity contribution < 1.29 is 32.2 Å². The first-order valence-electron chi connectivity index (χ1n) is 9.35. The molecule has 0 bridgehead atoms. The number of ether oxygens (including phenoxy) is 3. The molecule has 0 saturated carbocycles. The van der Waals surface area contributed by atoms with Crippen LogP contribution in [-0.4, -0.2) is 70.1 Å². The van der Waals surface area contributed by atoms with E-state index in [9.17, 15) is 18.0 Å². The lowest BCUT2D eigenvalue weighted by molar-refractivity contribution is -0.149. The van der Waals surface area contributed by atoms with Gasteiger partial charge in [0.15, 0.2) is 16.4 Å². The Morgan fingerprint density at radius 3 is 2.34 bits per heavy atom. The van der Waals surface area contributed by atoms with Crippen molar-refractivity contribution in [3.05, 3.63) is 29.8 Å². The van der Waals surface area contributed by atoms with E-state index in [0.29, 0.717) is 36.4 Å². The molecular formula is C20H27NO7S. The van der Waals surface area contributed by atoms with Crippen LogP contribution in [0, 0.1) is 0 Å². The summed E-state index contributed by atoms with van der Waals surface area (Å²) < 4.78 is 38.8. The van der Waals surface area contributed by atoms with Crippen LogP contribution in [0.2, 0.25) is 0 Å². The molecule has 0 aromatic heterocycles. The highest BCUT2D eigenvalue weighted by atomic mass is 32.2. The second-order valence-corrected chi connectivity index (χ2v) is 8.96. The van der Waals surface area contributed by atoms with Gasteiger partial charge in [-0.15, -0.1) is 0 Å². The zero-order valence-electron chi connectivity index (χ0n) is 16.9. The number of benzene rings is 1. The Labute approximate surface area is 171 Å². The van der Waals surface area contributed by atoms with E-state index in [1.807, 2.05) is 6.92 Å². The molecule has 1 fully saturated rings. The molecule has 1 aliphatic heterocycles. The number of nitrogens with zero attached hydrogens (tertiary/aromatic N) is 1. The van der Waals surface area contributed by atoms with E-state index in [1.165, 1.54) is 31.3 Å². The van der Waals surface area contributed by atoms with Gasteiger partial charge in [0.05, 0.1) is 25.7 Å². The van der Waals surface area contributed by atoms with Crippen LogP contribution in [0.25, 0.3) is 6.08 Å². The van der Waals surface area contributed by atoms with Crippen molar-refractivity contribution in [3.63, 3.8) is 0 Å². The summed E-state index contributed by atoms with van der Waals surface area (Å²) in [6.45, 7) is 1.90. The molecule has 29 heavy (non-hydrogen) atoms. The number of hydrogen-bond acceptors (Lipinski definition) is 7. The molecule has 9 heteroatoms. The lowest BCUT2D eigenvalue weighted by Gasteiger charge is -2.27. The number of amides is 1. The van der Waals surface area contributed by atoms with Crippen molar-refractivity contribution in [1.82, 2.24) is 4.90 Å².